The van der Waals surface area contributed by atoms with Crippen molar-refractivity contribution in [1.29, 1.82) is 0 Å². The Morgan fingerprint density at radius 1 is 0.952 bits per heavy atom. The van der Waals surface area contributed by atoms with Gasteiger partial charge in [0.15, 0.2) is 0 Å². The van der Waals surface area contributed by atoms with Gasteiger partial charge in [-0.25, -0.2) is 0 Å². The zero-order valence-electron chi connectivity index (χ0n) is 9.96. The molecule has 0 saturated heterocycles. The summed E-state index contributed by atoms with van der Waals surface area (Å²) in [4.78, 5) is 0. The second kappa shape index (κ2) is 5.23. The summed E-state index contributed by atoms with van der Waals surface area (Å²) in [5, 5.41) is 6.55. The Morgan fingerprint density at radius 2 is 1.67 bits per heavy atom. The lowest BCUT2D eigenvalue weighted by Gasteiger charge is -2.15. The first-order valence-corrected chi connectivity index (χ1v) is 5.34. The maximum absolute atomic E-state index is 12.8. The number of aromatic nitrogens is 2. The van der Waals surface area contributed by atoms with Crippen LogP contribution in [0.15, 0.2) is 30.3 Å². The summed E-state index contributed by atoms with van der Waals surface area (Å²) in [6, 6.07) is 3.22. The summed E-state index contributed by atoms with van der Waals surface area (Å²) >= 11 is 0. The average molecular weight is 307 g/mol. The Kier molecular flexibility index (Phi) is 3.75. The lowest BCUT2D eigenvalue weighted by molar-refractivity contribution is -0.142. The molecule has 111 valence electrons. The highest BCUT2D eigenvalue weighted by Gasteiger charge is 2.38. The third kappa shape index (κ3) is 3.61. The topological polar surface area (TPSA) is 35.0 Å². The van der Waals surface area contributed by atoms with Gasteiger partial charge in [-0.15, -0.1) is 10.2 Å². The van der Waals surface area contributed by atoms with E-state index >= 15 is 0 Å². The largest absolute Gasteiger partial charge is 0.437 e. The van der Waals surface area contributed by atoms with E-state index in [2.05, 4.69) is 16.4 Å². The van der Waals surface area contributed by atoms with E-state index in [0.717, 1.165) is 6.07 Å². The van der Waals surface area contributed by atoms with Crippen LogP contribution in [0.5, 0.6) is 11.6 Å². The fourth-order valence-corrected chi connectivity index (χ4v) is 1.44. The van der Waals surface area contributed by atoms with E-state index in [0.29, 0.717) is 12.1 Å². The molecule has 0 saturated carbocycles. The number of alkyl halides is 6. The molecule has 3 nitrogen and oxygen atoms in total. The van der Waals surface area contributed by atoms with Gasteiger partial charge in [-0.2, -0.15) is 26.3 Å². The van der Waals surface area contributed by atoms with Crippen LogP contribution in [0.4, 0.5) is 26.3 Å². The second-order valence-electron chi connectivity index (χ2n) is 3.81. The van der Waals surface area contributed by atoms with Crippen molar-refractivity contribution in [3.8, 4) is 11.6 Å². The SMILES string of the molecule is FC(F)(F)c1ccc(C(F)(F)F)c(Oc2cc[c]nn2)c1. The molecule has 1 heterocycles. The Morgan fingerprint density at radius 3 is 2.19 bits per heavy atom. The summed E-state index contributed by atoms with van der Waals surface area (Å²) in [5.41, 5.74) is -2.61. The molecule has 0 aliphatic carbocycles. The molecule has 1 aromatic heterocycles. The molecule has 0 unspecified atom stereocenters. The van der Waals surface area contributed by atoms with Crippen LogP contribution in [0.1, 0.15) is 11.1 Å². The van der Waals surface area contributed by atoms with E-state index in [9.17, 15) is 26.3 Å². The summed E-state index contributed by atoms with van der Waals surface area (Å²) < 4.78 is 80.8. The average Bonchev–Trinajstić information content (AvgIpc) is 2.37. The molecule has 0 aliphatic heterocycles. The van der Waals surface area contributed by atoms with E-state index in [4.69, 9.17) is 4.74 Å². The Balaban J connectivity index is 2.49. The molecule has 0 bridgehead atoms. The van der Waals surface area contributed by atoms with E-state index in [1.807, 2.05) is 0 Å². The molecule has 0 amide bonds. The minimum absolute atomic E-state index is 0.265. The van der Waals surface area contributed by atoms with Gasteiger partial charge < -0.3 is 4.74 Å². The van der Waals surface area contributed by atoms with E-state index in [1.54, 1.807) is 0 Å². The van der Waals surface area contributed by atoms with Crippen LogP contribution in [0.2, 0.25) is 0 Å². The van der Waals surface area contributed by atoms with Crippen LogP contribution < -0.4 is 4.74 Å². The standard InChI is InChI=1S/C12H5F6N2O/c13-11(14,15)7-3-4-8(12(16,17)18)9(6-7)21-10-2-1-5-19-20-10/h1-4,6H. The molecule has 0 N–H and O–H groups in total. The van der Waals surface area contributed by atoms with Gasteiger partial charge in [0.05, 0.1) is 11.1 Å². The van der Waals surface area contributed by atoms with Crippen molar-refractivity contribution >= 4 is 0 Å². The van der Waals surface area contributed by atoms with Gasteiger partial charge in [-0.05, 0) is 24.3 Å². The minimum atomic E-state index is -4.87. The highest BCUT2D eigenvalue weighted by Crippen LogP contribution is 2.41. The fraction of sp³-hybridized carbons (Fsp3) is 0.167. The predicted molar refractivity (Wildman–Crippen MR) is 57.4 cm³/mol. The Hall–Kier alpha value is -2.32. The third-order valence-electron chi connectivity index (χ3n) is 2.34. The number of rotatable bonds is 2. The molecule has 0 fully saturated rings. The molecule has 0 aliphatic rings. The highest BCUT2D eigenvalue weighted by atomic mass is 19.4. The molecule has 0 atom stereocenters. The first-order valence-electron chi connectivity index (χ1n) is 5.34. The van der Waals surface area contributed by atoms with E-state index in [1.165, 1.54) is 6.07 Å². The van der Waals surface area contributed by atoms with Gasteiger partial charge in [0.1, 0.15) is 11.9 Å². The normalized spacial score (nSPS) is 12.3. The van der Waals surface area contributed by atoms with Crippen LogP contribution in [0.3, 0.4) is 0 Å². The summed E-state index contributed by atoms with van der Waals surface area (Å²) in [6.07, 6.45) is -7.40. The van der Waals surface area contributed by atoms with Crippen molar-refractivity contribution in [3.05, 3.63) is 47.7 Å². The fourth-order valence-electron chi connectivity index (χ4n) is 1.44. The van der Waals surface area contributed by atoms with Crippen molar-refractivity contribution in [2.75, 3.05) is 0 Å². The first kappa shape index (κ1) is 15.1. The van der Waals surface area contributed by atoms with Crippen molar-refractivity contribution in [1.82, 2.24) is 10.2 Å². The number of ether oxygens (including phenoxy) is 1. The molecular formula is C12H5F6N2O. The zero-order valence-corrected chi connectivity index (χ0v) is 9.96. The van der Waals surface area contributed by atoms with Gasteiger partial charge in [0.2, 0.25) is 5.88 Å². The van der Waals surface area contributed by atoms with E-state index < -0.39 is 29.2 Å². The highest BCUT2D eigenvalue weighted by molar-refractivity contribution is 5.42. The van der Waals surface area contributed by atoms with Crippen LogP contribution in [0, 0.1) is 6.20 Å². The van der Waals surface area contributed by atoms with Gasteiger partial charge in [0, 0.05) is 6.07 Å². The van der Waals surface area contributed by atoms with Crippen molar-refractivity contribution in [2.45, 2.75) is 12.4 Å². The van der Waals surface area contributed by atoms with Gasteiger partial charge >= 0.3 is 12.4 Å². The second-order valence-corrected chi connectivity index (χ2v) is 3.81. The quantitative estimate of drug-likeness (QED) is 0.783. The number of benzene rings is 1. The zero-order chi connectivity index (χ0) is 15.7. The van der Waals surface area contributed by atoms with E-state index in [-0.39, 0.29) is 11.9 Å². The number of hydrogen-bond acceptors (Lipinski definition) is 3. The van der Waals surface area contributed by atoms with Crippen LogP contribution in [-0.2, 0) is 12.4 Å². The molecular weight excluding hydrogens is 302 g/mol. The van der Waals surface area contributed by atoms with Gasteiger partial charge in [-0.3, -0.25) is 0 Å². The van der Waals surface area contributed by atoms with Gasteiger partial charge in [-0.1, -0.05) is 0 Å². The monoisotopic (exact) mass is 307 g/mol. The molecule has 21 heavy (non-hydrogen) atoms. The Labute approximate surface area is 114 Å². The molecule has 0 spiro atoms. The van der Waals surface area contributed by atoms with Crippen LogP contribution in [0.25, 0.3) is 0 Å². The molecule has 1 aromatic carbocycles. The molecule has 2 aromatic rings. The maximum Gasteiger partial charge on any atom is 0.419 e. The van der Waals surface area contributed by atoms with Crippen LogP contribution in [-0.4, -0.2) is 10.2 Å². The summed E-state index contributed by atoms with van der Waals surface area (Å²) in [7, 11) is 0. The van der Waals surface area contributed by atoms with Crippen LogP contribution >= 0.6 is 0 Å². The smallest absolute Gasteiger partial charge is 0.419 e. The molecule has 9 heteroatoms. The lowest BCUT2D eigenvalue weighted by Crippen LogP contribution is -2.11. The lowest BCUT2D eigenvalue weighted by atomic mass is 10.1. The predicted octanol–water partition coefficient (Wildman–Crippen LogP) is 4.11. The molecule has 1 radical (unpaired) electrons. The van der Waals surface area contributed by atoms with Crippen molar-refractivity contribution < 1.29 is 31.1 Å². The first-order chi connectivity index (χ1) is 9.68. The Bertz CT molecular complexity index is 624. The number of hydrogen-bond donors (Lipinski definition) is 0. The summed E-state index contributed by atoms with van der Waals surface area (Å²) in [6.45, 7) is 0. The van der Waals surface area contributed by atoms with Crippen molar-refractivity contribution in [3.63, 3.8) is 0 Å². The maximum atomic E-state index is 12.8. The number of halogens is 6. The molecule has 2 rings (SSSR count). The number of nitrogens with zero attached hydrogens (tertiary/aromatic N) is 2. The van der Waals surface area contributed by atoms with Crippen molar-refractivity contribution in [2.24, 2.45) is 0 Å². The summed E-state index contributed by atoms with van der Waals surface area (Å²) in [5.74, 6) is -1.38. The van der Waals surface area contributed by atoms with Gasteiger partial charge in [0.25, 0.3) is 0 Å². The third-order valence-corrected chi connectivity index (χ3v) is 2.34. The minimum Gasteiger partial charge on any atom is -0.437 e.